The molecular weight excluding hydrogens is 266 g/mol. The van der Waals surface area contributed by atoms with E-state index in [-0.39, 0.29) is 4.90 Å². The molecule has 0 bridgehead atoms. The van der Waals surface area contributed by atoms with E-state index in [0.29, 0.717) is 22.7 Å². The molecule has 0 aliphatic rings. The lowest BCUT2D eigenvalue weighted by molar-refractivity contribution is 0.483. The molecule has 0 aliphatic heterocycles. The molecule has 0 heterocycles. The lowest BCUT2D eigenvalue weighted by Crippen LogP contribution is -2.00. The predicted molar refractivity (Wildman–Crippen MR) is 74.8 cm³/mol. The lowest BCUT2D eigenvalue weighted by Gasteiger charge is -2.10. The van der Waals surface area contributed by atoms with Gasteiger partial charge in [-0.15, -0.1) is 0 Å². The highest BCUT2D eigenvalue weighted by Gasteiger charge is 2.08. The van der Waals surface area contributed by atoms with Crippen molar-refractivity contribution in [3.05, 3.63) is 42.5 Å². The van der Waals surface area contributed by atoms with E-state index >= 15 is 0 Å². The van der Waals surface area contributed by atoms with Crippen LogP contribution < -0.4 is 16.8 Å². The molecule has 0 aliphatic carbocycles. The van der Waals surface area contributed by atoms with Crippen molar-refractivity contribution in [2.75, 3.05) is 16.8 Å². The number of benzene rings is 2. The van der Waals surface area contributed by atoms with E-state index in [9.17, 15) is 8.42 Å². The molecule has 0 unspecified atom stereocenters. The third kappa shape index (κ3) is 3.15. The van der Waals surface area contributed by atoms with Crippen LogP contribution >= 0.6 is 0 Å². The fourth-order valence-electron chi connectivity index (χ4n) is 1.56. The van der Waals surface area contributed by atoms with Gasteiger partial charge in [-0.2, -0.15) is 8.42 Å². The zero-order valence-electron chi connectivity index (χ0n) is 9.87. The van der Waals surface area contributed by atoms with Crippen LogP contribution in [-0.4, -0.2) is 13.0 Å². The Kier molecular flexibility index (Phi) is 3.32. The number of nitrogens with one attached hydrogen (secondary N) is 1. The van der Waals surface area contributed by atoms with Gasteiger partial charge in [0.2, 0.25) is 0 Å². The summed E-state index contributed by atoms with van der Waals surface area (Å²) >= 11 is 0. The summed E-state index contributed by atoms with van der Waals surface area (Å²) in [5, 5.41) is 3.02. The summed E-state index contributed by atoms with van der Waals surface area (Å²) in [6.45, 7) is 0. The van der Waals surface area contributed by atoms with Gasteiger partial charge >= 0.3 is 0 Å². The monoisotopic (exact) mass is 279 g/mol. The largest absolute Gasteiger partial charge is 0.399 e. The Bertz CT molecular complexity index is 697. The van der Waals surface area contributed by atoms with Crippen LogP contribution in [0.1, 0.15) is 0 Å². The summed E-state index contributed by atoms with van der Waals surface area (Å²) in [4.78, 5) is -0.164. The van der Waals surface area contributed by atoms with Gasteiger partial charge in [0.25, 0.3) is 10.1 Å². The summed E-state index contributed by atoms with van der Waals surface area (Å²) in [7, 11) is -4.18. The van der Waals surface area contributed by atoms with Crippen LogP contribution in [0.15, 0.2) is 47.4 Å². The maximum absolute atomic E-state index is 10.9. The highest BCUT2D eigenvalue weighted by Crippen LogP contribution is 2.25. The Morgan fingerprint density at radius 1 is 1.00 bits per heavy atom. The highest BCUT2D eigenvalue weighted by atomic mass is 32.2. The second-order valence-corrected chi connectivity index (χ2v) is 5.39. The molecule has 0 saturated heterocycles. The molecule has 0 atom stereocenters. The number of rotatable bonds is 3. The SMILES string of the molecule is Nc1ccc(Nc2ccc(S(=O)(=O)O)cc2)c(N)c1. The van der Waals surface area contributed by atoms with Gasteiger partial charge in [-0.3, -0.25) is 4.55 Å². The Hall–Kier alpha value is -2.25. The first-order chi connectivity index (χ1) is 8.86. The van der Waals surface area contributed by atoms with Crippen LogP contribution in [0.3, 0.4) is 0 Å². The molecule has 19 heavy (non-hydrogen) atoms. The van der Waals surface area contributed by atoms with Crippen molar-refractivity contribution in [1.29, 1.82) is 0 Å². The second-order valence-electron chi connectivity index (χ2n) is 3.97. The Balaban J connectivity index is 2.25. The van der Waals surface area contributed by atoms with Crippen molar-refractivity contribution in [3.63, 3.8) is 0 Å². The van der Waals surface area contributed by atoms with E-state index in [1.807, 2.05) is 0 Å². The minimum Gasteiger partial charge on any atom is -0.399 e. The third-order valence-corrected chi connectivity index (χ3v) is 3.37. The van der Waals surface area contributed by atoms with E-state index in [0.717, 1.165) is 0 Å². The molecule has 6 N–H and O–H groups in total. The average molecular weight is 279 g/mol. The van der Waals surface area contributed by atoms with Crippen LogP contribution in [0.4, 0.5) is 22.7 Å². The molecule has 6 nitrogen and oxygen atoms in total. The second kappa shape index (κ2) is 4.79. The minimum atomic E-state index is -4.18. The molecule has 0 saturated carbocycles. The maximum Gasteiger partial charge on any atom is 0.294 e. The smallest absolute Gasteiger partial charge is 0.294 e. The van der Waals surface area contributed by atoms with Crippen LogP contribution in [-0.2, 0) is 10.1 Å². The van der Waals surface area contributed by atoms with Crippen molar-refractivity contribution in [1.82, 2.24) is 0 Å². The zero-order valence-corrected chi connectivity index (χ0v) is 10.7. The minimum absolute atomic E-state index is 0.164. The Morgan fingerprint density at radius 2 is 1.63 bits per heavy atom. The van der Waals surface area contributed by atoms with E-state index in [4.69, 9.17) is 16.0 Å². The molecule has 0 radical (unpaired) electrons. The van der Waals surface area contributed by atoms with E-state index in [1.54, 1.807) is 18.2 Å². The first-order valence-corrected chi connectivity index (χ1v) is 6.80. The predicted octanol–water partition coefficient (Wildman–Crippen LogP) is 1.84. The van der Waals surface area contributed by atoms with E-state index < -0.39 is 10.1 Å². The van der Waals surface area contributed by atoms with Gasteiger partial charge in [-0.05, 0) is 42.5 Å². The van der Waals surface area contributed by atoms with Gasteiger partial charge in [0, 0.05) is 11.4 Å². The van der Waals surface area contributed by atoms with E-state index in [1.165, 1.54) is 24.3 Å². The fourth-order valence-corrected chi connectivity index (χ4v) is 2.04. The molecule has 2 rings (SSSR count). The summed E-state index contributed by atoms with van der Waals surface area (Å²) in [5.41, 5.74) is 13.7. The molecule has 0 fully saturated rings. The standard InChI is InChI=1S/C12H13N3O3S/c13-8-1-6-12(11(14)7-8)15-9-2-4-10(5-3-9)19(16,17)18/h1-7,15H,13-14H2,(H,16,17,18). The Morgan fingerprint density at radius 3 is 2.16 bits per heavy atom. The normalized spacial score (nSPS) is 11.2. The van der Waals surface area contributed by atoms with Gasteiger partial charge in [-0.25, -0.2) is 0 Å². The number of anilines is 4. The van der Waals surface area contributed by atoms with Crippen molar-refractivity contribution in [2.45, 2.75) is 4.90 Å². The van der Waals surface area contributed by atoms with Crippen LogP contribution in [0.25, 0.3) is 0 Å². The Labute approximate surface area is 110 Å². The highest BCUT2D eigenvalue weighted by molar-refractivity contribution is 7.85. The quantitative estimate of drug-likeness (QED) is 0.503. The molecule has 2 aromatic carbocycles. The van der Waals surface area contributed by atoms with Gasteiger partial charge in [0.15, 0.2) is 0 Å². The number of hydrogen-bond acceptors (Lipinski definition) is 5. The van der Waals surface area contributed by atoms with Crippen LogP contribution in [0, 0.1) is 0 Å². The van der Waals surface area contributed by atoms with Crippen molar-refractivity contribution >= 4 is 32.9 Å². The molecular formula is C12H13N3O3S. The van der Waals surface area contributed by atoms with Gasteiger partial charge in [0.05, 0.1) is 16.3 Å². The van der Waals surface area contributed by atoms with Gasteiger partial charge < -0.3 is 16.8 Å². The maximum atomic E-state index is 10.9. The van der Waals surface area contributed by atoms with E-state index in [2.05, 4.69) is 5.32 Å². The van der Waals surface area contributed by atoms with Crippen molar-refractivity contribution < 1.29 is 13.0 Å². The average Bonchev–Trinajstić information content (AvgIpc) is 2.32. The van der Waals surface area contributed by atoms with Crippen molar-refractivity contribution in [3.8, 4) is 0 Å². The van der Waals surface area contributed by atoms with Crippen LogP contribution in [0.5, 0.6) is 0 Å². The number of nitrogen functional groups attached to an aromatic ring is 2. The molecule has 0 aromatic heterocycles. The zero-order chi connectivity index (χ0) is 14.0. The summed E-state index contributed by atoms with van der Waals surface area (Å²) in [6.07, 6.45) is 0. The summed E-state index contributed by atoms with van der Waals surface area (Å²) < 4.78 is 30.7. The lowest BCUT2D eigenvalue weighted by atomic mass is 10.2. The first-order valence-electron chi connectivity index (χ1n) is 5.36. The topological polar surface area (TPSA) is 118 Å². The molecule has 100 valence electrons. The molecule has 2 aromatic rings. The molecule has 0 amide bonds. The van der Waals surface area contributed by atoms with Gasteiger partial charge in [0.1, 0.15) is 0 Å². The van der Waals surface area contributed by atoms with Crippen LogP contribution in [0.2, 0.25) is 0 Å². The first kappa shape index (κ1) is 13.2. The molecule has 7 heteroatoms. The summed E-state index contributed by atoms with van der Waals surface area (Å²) in [5.74, 6) is 0. The molecule has 0 spiro atoms. The van der Waals surface area contributed by atoms with Gasteiger partial charge in [-0.1, -0.05) is 0 Å². The summed E-state index contributed by atoms with van der Waals surface area (Å²) in [6, 6.07) is 10.7. The van der Waals surface area contributed by atoms with Crippen molar-refractivity contribution in [2.24, 2.45) is 0 Å². The third-order valence-electron chi connectivity index (χ3n) is 2.51. The number of hydrogen-bond donors (Lipinski definition) is 4. The number of nitrogens with two attached hydrogens (primary N) is 2. The fraction of sp³-hybridized carbons (Fsp3) is 0.